The predicted octanol–water partition coefficient (Wildman–Crippen LogP) is 1.82. The van der Waals surface area contributed by atoms with Gasteiger partial charge in [0.1, 0.15) is 11.5 Å². The number of rotatable bonds is 5. The Bertz CT molecular complexity index is 543. The molecule has 3 rings (SSSR count). The Morgan fingerprint density at radius 2 is 2.00 bits per heavy atom. The van der Waals surface area contributed by atoms with Crippen LogP contribution in [-0.2, 0) is 22.7 Å². The highest BCUT2D eigenvalue weighted by molar-refractivity contribution is 6.05. The summed E-state index contributed by atoms with van der Waals surface area (Å²) in [6, 6.07) is 4.38. The van der Waals surface area contributed by atoms with Crippen molar-refractivity contribution in [2.45, 2.75) is 52.2 Å². The zero-order valence-electron chi connectivity index (χ0n) is 11.9. The summed E-state index contributed by atoms with van der Waals surface area (Å²) in [5, 5.41) is 3.37. The molecular formula is C15H20N2O3. The first-order chi connectivity index (χ1) is 9.45. The highest BCUT2D eigenvalue weighted by Crippen LogP contribution is 2.32. The molecule has 20 heavy (non-hydrogen) atoms. The monoisotopic (exact) mass is 276 g/mol. The second-order valence-electron chi connectivity index (χ2n) is 6.37. The molecule has 2 heterocycles. The molecule has 0 unspecified atom stereocenters. The molecule has 0 radical (unpaired) electrons. The van der Waals surface area contributed by atoms with Gasteiger partial charge in [-0.2, -0.15) is 0 Å². The van der Waals surface area contributed by atoms with Gasteiger partial charge in [0.15, 0.2) is 0 Å². The van der Waals surface area contributed by atoms with Gasteiger partial charge in [0.2, 0.25) is 11.8 Å². The van der Waals surface area contributed by atoms with E-state index in [1.165, 1.54) is 17.7 Å². The lowest BCUT2D eigenvalue weighted by molar-refractivity contribution is -0.141. The molecule has 1 aromatic rings. The Labute approximate surface area is 118 Å². The first-order valence-electron chi connectivity index (χ1n) is 7.11. The third kappa shape index (κ3) is 2.63. The molecule has 1 saturated carbocycles. The van der Waals surface area contributed by atoms with Crippen LogP contribution in [0.5, 0.6) is 0 Å². The molecule has 0 atom stereocenters. The quantitative estimate of drug-likeness (QED) is 0.833. The SMILES string of the molecule is CC1(C)CC(=O)N(Cc2ccc(CNC3CC3)o2)C1=O. The Balaban J connectivity index is 1.62. The molecule has 108 valence electrons. The third-order valence-electron chi connectivity index (χ3n) is 3.89. The summed E-state index contributed by atoms with van der Waals surface area (Å²) in [6.45, 7) is 4.56. The first-order valence-corrected chi connectivity index (χ1v) is 7.11. The van der Waals surface area contributed by atoms with E-state index in [2.05, 4.69) is 5.32 Å². The average Bonchev–Trinajstić information content (AvgIpc) is 3.07. The molecule has 2 fully saturated rings. The minimum Gasteiger partial charge on any atom is -0.463 e. The van der Waals surface area contributed by atoms with E-state index in [9.17, 15) is 9.59 Å². The van der Waals surface area contributed by atoms with E-state index in [-0.39, 0.29) is 24.8 Å². The summed E-state index contributed by atoms with van der Waals surface area (Å²) in [4.78, 5) is 25.3. The molecular weight excluding hydrogens is 256 g/mol. The van der Waals surface area contributed by atoms with Crippen LogP contribution in [0.25, 0.3) is 0 Å². The minimum atomic E-state index is -0.583. The zero-order chi connectivity index (χ0) is 14.3. The van der Waals surface area contributed by atoms with Gasteiger partial charge in [0.05, 0.1) is 18.5 Å². The molecule has 2 aliphatic rings. The Hall–Kier alpha value is -1.62. The van der Waals surface area contributed by atoms with Crippen molar-refractivity contribution in [3.8, 4) is 0 Å². The van der Waals surface area contributed by atoms with Gasteiger partial charge < -0.3 is 9.73 Å². The van der Waals surface area contributed by atoms with E-state index < -0.39 is 5.41 Å². The van der Waals surface area contributed by atoms with Crippen molar-refractivity contribution in [1.82, 2.24) is 10.2 Å². The standard InChI is InChI=1S/C15H20N2O3/c1-15(2)7-13(18)17(14(15)19)9-12-6-5-11(20-12)8-16-10-3-4-10/h5-6,10,16H,3-4,7-9H2,1-2H3. The van der Waals surface area contributed by atoms with Crippen molar-refractivity contribution < 1.29 is 14.0 Å². The van der Waals surface area contributed by atoms with Crippen LogP contribution < -0.4 is 5.32 Å². The van der Waals surface area contributed by atoms with Crippen LogP contribution in [0.3, 0.4) is 0 Å². The number of hydrogen-bond acceptors (Lipinski definition) is 4. The maximum atomic E-state index is 12.1. The van der Waals surface area contributed by atoms with Gasteiger partial charge in [-0.15, -0.1) is 0 Å². The number of nitrogens with one attached hydrogen (secondary N) is 1. The van der Waals surface area contributed by atoms with Crippen molar-refractivity contribution in [2.24, 2.45) is 5.41 Å². The van der Waals surface area contributed by atoms with Gasteiger partial charge in [-0.1, -0.05) is 13.8 Å². The summed E-state index contributed by atoms with van der Waals surface area (Å²) in [5.41, 5.74) is -0.583. The van der Waals surface area contributed by atoms with Gasteiger partial charge in [-0.25, -0.2) is 0 Å². The maximum Gasteiger partial charge on any atom is 0.235 e. The lowest BCUT2D eigenvalue weighted by Gasteiger charge is -2.16. The smallest absolute Gasteiger partial charge is 0.235 e. The normalized spacial score (nSPS) is 21.8. The highest BCUT2D eigenvalue weighted by atomic mass is 16.3. The summed E-state index contributed by atoms with van der Waals surface area (Å²) in [6.07, 6.45) is 2.75. The predicted molar refractivity (Wildman–Crippen MR) is 72.5 cm³/mol. The molecule has 2 amide bonds. The van der Waals surface area contributed by atoms with Crippen molar-refractivity contribution in [2.75, 3.05) is 0 Å². The molecule has 5 nitrogen and oxygen atoms in total. The number of carbonyl (C=O) groups is 2. The van der Waals surface area contributed by atoms with E-state index in [4.69, 9.17) is 4.42 Å². The molecule has 1 aromatic heterocycles. The fourth-order valence-electron chi connectivity index (χ4n) is 2.48. The van der Waals surface area contributed by atoms with E-state index in [0.717, 1.165) is 5.76 Å². The largest absolute Gasteiger partial charge is 0.463 e. The van der Waals surface area contributed by atoms with Crippen LogP contribution >= 0.6 is 0 Å². The second kappa shape index (κ2) is 4.74. The summed E-state index contributed by atoms with van der Waals surface area (Å²) < 4.78 is 5.68. The van der Waals surface area contributed by atoms with Crippen molar-refractivity contribution in [3.05, 3.63) is 23.7 Å². The van der Waals surface area contributed by atoms with Crippen molar-refractivity contribution in [1.29, 1.82) is 0 Å². The van der Waals surface area contributed by atoms with Crippen LogP contribution in [0.1, 0.15) is 44.6 Å². The Kier molecular flexibility index (Phi) is 3.17. The number of furan rings is 1. The molecule has 1 aliphatic carbocycles. The van der Waals surface area contributed by atoms with Crippen LogP contribution in [0.2, 0.25) is 0 Å². The number of hydrogen-bond donors (Lipinski definition) is 1. The maximum absolute atomic E-state index is 12.1. The minimum absolute atomic E-state index is 0.114. The van der Waals surface area contributed by atoms with Crippen LogP contribution in [0.4, 0.5) is 0 Å². The lowest BCUT2D eigenvalue weighted by Crippen LogP contribution is -2.32. The van der Waals surface area contributed by atoms with Gasteiger partial charge in [0.25, 0.3) is 0 Å². The average molecular weight is 276 g/mol. The fraction of sp³-hybridized carbons (Fsp3) is 0.600. The summed E-state index contributed by atoms with van der Waals surface area (Å²) in [7, 11) is 0. The number of carbonyl (C=O) groups excluding carboxylic acids is 2. The van der Waals surface area contributed by atoms with Gasteiger partial charge in [-0.3, -0.25) is 14.5 Å². The molecule has 5 heteroatoms. The molecule has 1 saturated heterocycles. The molecule has 0 bridgehead atoms. The fourth-order valence-corrected chi connectivity index (χ4v) is 2.48. The molecule has 1 aliphatic heterocycles. The number of imide groups is 1. The topological polar surface area (TPSA) is 62.6 Å². The lowest BCUT2D eigenvalue weighted by atomic mass is 9.92. The first kappa shape index (κ1) is 13.4. The van der Waals surface area contributed by atoms with E-state index in [1.54, 1.807) is 13.8 Å². The van der Waals surface area contributed by atoms with Crippen molar-refractivity contribution >= 4 is 11.8 Å². The third-order valence-corrected chi connectivity index (χ3v) is 3.89. The summed E-state index contributed by atoms with van der Waals surface area (Å²) >= 11 is 0. The number of likely N-dealkylation sites (tertiary alicyclic amines) is 1. The van der Waals surface area contributed by atoms with Crippen LogP contribution in [0.15, 0.2) is 16.5 Å². The van der Waals surface area contributed by atoms with Gasteiger partial charge in [0, 0.05) is 12.5 Å². The van der Waals surface area contributed by atoms with E-state index in [0.29, 0.717) is 18.3 Å². The Morgan fingerprint density at radius 3 is 2.60 bits per heavy atom. The van der Waals surface area contributed by atoms with Gasteiger partial charge in [-0.05, 0) is 25.0 Å². The van der Waals surface area contributed by atoms with E-state index >= 15 is 0 Å². The van der Waals surface area contributed by atoms with Crippen LogP contribution in [0, 0.1) is 5.41 Å². The van der Waals surface area contributed by atoms with Gasteiger partial charge >= 0.3 is 0 Å². The summed E-state index contributed by atoms with van der Waals surface area (Å²) in [5.74, 6) is 1.29. The number of amides is 2. The zero-order valence-corrected chi connectivity index (χ0v) is 11.9. The second-order valence-corrected chi connectivity index (χ2v) is 6.37. The molecule has 0 spiro atoms. The molecule has 0 aromatic carbocycles. The van der Waals surface area contributed by atoms with Crippen LogP contribution in [-0.4, -0.2) is 22.8 Å². The highest BCUT2D eigenvalue weighted by Gasteiger charge is 2.44. The van der Waals surface area contributed by atoms with Crippen molar-refractivity contribution in [3.63, 3.8) is 0 Å². The molecule has 1 N–H and O–H groups in total. The number of nitrogens with zero attached hydrogens (tertiary/aromatic N) is 1. The van der Waals surface area contributed by atoms with E-state index in [1.807, 2.05) is 12.1 Å². The Morgan fingerprint density at radius 1 is 1.30 bits per heavy atom.